The summed E-state index contributed by atoms with van der Waals surface area (Å²) in [5, 5.41) is 12.3. The highest BCUT2D eigenvalue weighted by atomic mass is 16.4. The summed E-state index contributed by atoms with van der Waals surface area (Å²) in [5.74, 6) is -0.226. The Labute approximate surface area is 101 Å². The quantitative estimate of drug-likeness (QED) is 0.735. The van der Waals surface area contributed by atoms with Gasteiger partial charge in [0.05, 0.1) is 6.54 Å². The molecular formula is C12H20N2O3. The van der Waals surface area contributed by atoms with Gasteiger partial charge in [-0.1, -0.05) is 6.92 Å². The fraction of sp³-hybridized carbons (Fsp3) is 0.833. The SMILES string of the molecule is CC1CCC(C(=O)O)(N2CCNC(=O)C2)CC1. The van der Waals surface area contributed by atoms with E-state index < -0.39 is 11.5 Å². The number of hydrogen-bond donors (Lipinski definition) is 2. The first kappa shape index (κ1) is 12.4. The normalized spacial score (nSPS) is 35.4. The molecule has 2 aliphatic rings. The van der Waals surface area contributed by atoms with Crippen molar-refractivity contribution in [1.29, 1.82) is 0 Å². The zero-order valence-corrected chi connectivity index (χ0v) is 10.2. The lowest BCUT2D eigenvalue weighted by Crippen LogP contribution is -2.62. The third-order valence-electron chi connectivity index (χ3n) is 4.14. The molecule has 96 valence electrons. The van der Waals surface area contributed by atoms with Crippen molar-refractivity contribution in [3.05, 3.63) is 0 Å². The number of nitrogens with zero attached hydrogens (tertiary/aromatic N) is 1. The highest BCUT2D eigenvalue weighted by Crippen LogP contribution is 2.36. The summed E-state index contributed by atoms with van der Waals surface area (Å²) in [5.41, 5.74) is -0.801. The van der Waals surface area contributed by atoms with Gasteiger partial charge in [0.2, 0.25) is 5.91 Å². The molecule has 1 aliphatic carbocycles. The Morgan fingerprint density at radius 3 is 2.65 bits per heavy atom. The zero-order chi connectivity index (χ0) is 12.5. The van der Waals surface area contributed by atoms with Crippen LogP contribution in [0.3, 0.4) is 0 Å². The van der Waals surface area contributed by atoms with Crippen LogP contribution in [0.5, 0.6) is 0 Å². The minimum Gasteiger partial charge on any atom is -0.480 e. The standard InChI is InChI=1S/C12H20N2O3/c1-9-2-4-12(5-3-9,11(16)17)14-7-6-13-10(15)8-14/h9H,2-8H2,1H3,(H,13,15)(H,16,17). The molecule has 1 saturated carbocycles. The van der Waals surface area contributed by atoms with Crippen molar-refractivity contribution in [3.8, 4) is 0 Å². The molecule has 1 saturated heterocycles. The van der Waals surface area contributed by atoms with E-state index in [1.807, 2.05) is 4.90 Å². The first-order valence-electron chi connectivity index (χ1n) is 6.30. The van der Waals surface area contributed by atoms with Crippen LogP contribution in [0.25, 0.3) is 0 Å². The molecule has 1 aliphatic heterocycles. The molecule has 17 heavy (non-hydrogen) atoms. The van der Waals surface area contributed by atoms with Gasteiger partial charge in [-0.2, -0.15) is 0 Å². The number of nitrogens with one attached hydrogen (secondary N) is 1. The minimum atomic E-state index is -0.801. The predicted octanol–water partition coefficient (Wildman–Crippen LogP) is 0.452. The molecule has 0 spiro atoms. The number of aliphatic carboxylic acids is 1. The number of carboxylic acids is 1. The second kappa shape index (κ2) is 4.64. The van der Waals surface area contributed by atoms with Crippen LogP contribution in [0.4, 0.5) is 0 Å². The van der Waals surface area contributed by atoms with E-state index in [4.69, 9.17) is 0 Å². The summed E-state index contributed by atoms with van der Waals surface area (Å²) in [6, 6.07) is 0. The van der Waals surface area contributed by atoms with Crippen LogP contribution in [0, 0.1) is 5.92 Å². The number of carbonyl (C=O) groups is 2. The van der Waals surface area contributed by atoms with Gasteiger partial charge in [0, 0.05) is 13.1 Å². The minimum absolute atomic E-state index is 0.0597. The summed E-state index contributed by atoms with van der Waals surface area (Å²) < 4.78 is 0. The molecule has 2 rings (SSSR count). The number of piperazine rings is 1. The van der Waals surface area contributed by atoms with Crippen LogP contribution in [-0.4, -0.2) is 47.1 Å². The Hall–Kier alpha value is -1.10. The molecule has 5 nitrogen and oxygen atoms in total. The molecule has 0 aromatic heterocycles. The molecule has 0 atom stereocenters. The summed E-state index contributed by atoms with van der Waals surface area (Å²) >= 11 is 0. The Bertz CT molecular complexity index is 322. The molecule has 0 aromatic carbocycles. The Balaban J connectivity index is 2.16. The van der Waals surface area contributed by atoms with Crippen molar-refractivity contribution >= 4 is 11.9 Å². The van der Waals surface area contributed by atoms with Gasteiger partial charge in [-0.25, -0.2) is 0 Å². The monoisotopic (exact) mass is 240 g/mol. The molecule has 0 aromatic rings. The van der Waals surface area contributed by atoms with Crippen LogP contribution in [0.1, 0.15) is 32.6 Å². The highest BCUT2D eigenvalue weighted by Gasteiger charge is 2.47. The average molecular weight is 240 g/mol. The second-order valence-electron chi connectivity index (χ2n) is 5.29. The van der Waals surface area contributed by atoms with Crippen LogP contribution in [0.15, 0.2) is 0 Å². The molecule has 0 radical (unpaired) electrons. The van der Waals surface area contributed by atoms with Crippen LogP contribution >= 0.6 is 0 Å². The van der Waals surface area contributed by atoms with Crippen LogP contribution in [0.2, 0.25) is 0 Å². The first-order valence-corrected chi connectivity index (χ1v) is 6.30. The smallest absolute Gasteiger partial charge is 0.324 e. The molecule has 1 heterocycles. The van der Waals surface area contributed by atoms with Crippen molar-refractivity contribution < 1.29 is 14.7 Å². The van der Waals surface area contributed by atoms with E-state index in [1.54, 1.807) is 0 Å². The lowest BCUT2D eigenvalue weighted by Gasteiger charge is -2.45. The van der Waals surface area contributed by atoms with E-state index in [9.17, 15) is 14.7 Å². The maximum atomic E-state index is 11.6. The van der Waals surface area contributed by atoms with Crippen molar-refractivity contribution in [2.45, 2.75) is 38.1 Å². The van der Waals surface area contributed by atoms with E-state index in [0.717, 1.165) is 12.8 Å². The summed E-state index contributed by atoms with van der Waals surface area (Å²) in [4.78, 5) is 24.9. The summed E-state index contributed by atoms with van der Waals surface area (Å²) in [7, 11) is 0. The largest absolute Gasteiger partial charge is 0.480 e. The van der Waals surface area contributed by atoms with Crippen molar-refractivity contribution in [2.24, 2.45) is 5.92 Å². The maximum absolute atomic E-state index is 11.6. The van der Waals surface area contributed by atoms with Gasteiger partial charge in [-0.15, -0.1) is 0 Å². The van der Waals surface area contributed by atoms with Crippen molar-refractivity contribution in [3.63, 3.8) is 0 Å². The Kier molecular flexibility index (Phi) is 3.38. The molecule has 0 unspecified atom stereocenters. The lowest BCUT2D eigenvalue weighted by atomic mass is 9.75. The van der Waals surface area contributed by atoms with Gasteiger partial charge in [-0.05, 0) is 31.6 Å². The maximum Gasteiger partial charge on any atom is 0.324 e. The van der Waals surface area contributed by atoms with E-state index in [0.29, 0.717) is 31.8 Å². The van der Waals surface area contributed by atoms with Gasteiger partial charge in [0.1, 0.15) is 5.54 Å². The fourth-order valence-corrected chi connectivity index (χ4v) is 2.91. The predicted molar refractivity (Wildman–Crippen MR) is 62.6 cm³/mol. The Morgan fingerprint density at radius 1 is 1.47 bits per heavy atom. The third kappa shape index (κ3) is 2.29. The number of carboxylic acid groups (broad SMARTS) is 1. The van der Waals surface area contributed by atoms with Crippen molar-refractivity contribution in [1.82, 2.24) is 10.2 Å². The van der Waals surface area contributed by atoms with Crippen LogP contribution < -0.4 is 5.32 Å². The number of carbonyl (C=O) groups excluding carboxylic acids is 1. The van der Waals surface area contributed by atoms with E-state index in [1.165, 1.54) is 0 Å². The van der Waals surface area contributed by atoms with Crippen molar-refractivity contribution in [2.75, 3.05) is 19.6 Å². The second-order valence-corrected chi connectivity index (χ2v) is 5.29. The van der Waals surface area contributed by atoms with Gasteiger partial charge >= 0.3 is 5.97 Å². The number of rotatable bonds is 2. The lowest BCUT2D eigenvalue weighted by molar-refractivity contribution is -0.157. The first-order chi connectivity index (χ1) is 8.04. The summed E-state index contributed by atoms with van der Waals surface area (Å²) in [6.07, 6.45) is 3.20. The third-order valence-corrected chi connectivity index (χ3v) is 4.14. The highest BCUT2D eigenvalue weighted by molar-refractivity contribution is 5.83. The topological polar surface area (TPSA) is 69.6 Å². The van der Waals surface area contributed by atoms with Gasteiger partial charge in [0.15, 0.2) is 0 Å². The fourth-order valence-electron chi connectivity index (χ4n) is 2.91. The number of amides is 1. The Morgan fingerprint density at radius 2 is 2.12 bits per heavy atom. The average Bonchev–Trinajstić information content (AvgIpc) is 2.30. The number of hydrogen-bond acceptors (Lipinski definition) is 3. The molecule has 1 amide bonds. The van der Waals surface area contributed by atoms with E-state index in [-0.39, 0.29) is 12.5 Å². The van der Waals surface area contributed by atoms with Gasteiger partial charge in [-0.3, -0.25) is 14.5 Å². The van der Waals surface area contributed by atoms with Gasteiger partial charge in [0.25, 0.3) is 0 Å². The summed E-state index contributed by atoms with van der Waals surface area (Å²) in [6.45, 7) is 3.59. The zero-order valence-electron chi connectivity index (χ0n) is 10.2. The molecular weight excluding hydrogens is 220 g/mol. The molecule has 5 heteroatoms. The molecule has 2 fully saturated rings. The van der Waals surface area contributed by atoms with E-state index >= 15 is 0 Å². The van der Waals surface area contributed by atoms with Crippen LogP contribution in [-0.2, 0) is 9.59 Å². The van der Waals surface area contributed by atoms with Gasteiger partial charge < -0.3 is 10.4 Å². The molecule has 0 bridgehead atoms. The molecule has 2 N–H and O–H groups in total. The van der Waals surface area contributed by atoms with E-state index in [2.05, 4.69) is 12.2 Å².